The van der Waals surface area contributed by atoms with Crippen molar-refractivity contribution in [2.24, 2.45) is 0 Å². The molecular formula is C15H24N2O4. The summed E-state index contributed by atoms with van der Waals surface area (Å²) in [6.45, 7) is 7.30. The van der Waals surface area contributed by atoms with E-state index in [1.165, 1.54) is 6.07 Å². The van der Waals surface area contributed by atoms with E-state index >= 15 is 0 Å². The normalized spacial score (nSPS) is 10.2. The third-order valence-electron chi connectivity index (χ3n) is 2.70. The summed E-state index contributed by atoms with van der Waals surface area (Å²) in [6.07, 6.45) is 3.90. The molecule has 118 valence electrons. The Hall–Kier alpha value is -1.85. The molecule has 0 aromatic carbocycles. The Morgan fingerprint density at radius 1 is 1.05 bits per heavy atom. The van der Waals surface area contributed by atoms with E-state index < -0.39 is 5.97 Å². The topological polar surface area (TPSA) is 70.5 Å². The number of carbonyl (C=O) groups is 1. The molecule has 0 bridgehead atoms. The molecule has 0 spiro atoms. The number of aromatic nitrogens is 2. The molecule has 6 heteroatoms. The average molecular weight is 296 g/mol. The SMILES string of the molecule is CCCCOc1cc(C(=O)OCC)nnc1OCCCC. The third kappa shape index (κ3) is 5.97. The number of unbranched alkanes of at least 4 members (excludes halogenated alkanes) is 2. The first kappa shape index (κ1) is 17.2. The van der Waals surface area contributed by atoms with Crippen LogP contribution in [0.25, 0.3) is 0 Å². The van der Waals surface area contributed by atoms with Crippen LogP contribution in [0.5, 0.6) is 11.6 Å². The fourth-order valence-electron chi connectivity index (χ4n) is 1.51. The molecule has 0 N–H and O–H groups in total. The van der Waals surface area contributed by atoms with E-state index in [9.17, 15) is 4.79 Å². The van der Waals surface area contributed by atoms with Crippen molar-refractivity contribution in [3.63, 3.8) is 0 Å². The molecule has 6 nitrogen and oxygen atoms in total. The number of rotatable bonds is 10. The van der Waals surface area contributed by atoms with E-state index in [1.807, 2.05) is 0 Å². The molecule has 1 aromatic rings. The molecule has 0 aliphatic carbocycles. The van der Waals surface area contributed by atoms with Crippen LogP contribution in [0.4, 0.5) is 0 Å². The number of carbonyl (C=O) groups excluding carboxylic acids is 1. The first-order valence-corrected chi connectivity index (χ1v) is 7.53. The third-order valence-corrected chi connectivity index (χ3v) is 2.70. The second-order valence-corrected chi connectivity index (χ2v) is 4.52. The number of ether oxygens (including phenoxy) is 3. The van der Waals surface area contributed by atoms with Crippen molar-refractivity contribution < 1.29 is 19.0 Å². The Kier molecular flexibility index (Phi) is 8.16. The zero-order valence-electron chi connectivity index (χ0n) is 13.1. The Balaban J connectivity index is 2.82. The largest absolute Gasteiger partial charge is 0.488 e. The van der Waals surface area contributed by atoms with Gasteiger partial charge in [-0.15, -0.1) is 10.2 Å². The van der Waals surface area contributed by atoms with Crippen molar-refractivity contribution in [1.29, 1.82) is 0 Å². The highest BCUT2D eigenvalue weighted by Gasteiger charge is 2.15. The zero-order chi connectivity index (χ0) is 15.5. The fraction of sp³-hybridized carbons (Fsp3) is 0.667. The molecule has 0 aliphatic rings. The maximum absolute atomic E-state index is 11.7. The van der Waals surface area contributed by atoms with Crippen molar-refractivity contribution in [2.45, 2.75) is 46.5 Å². The van der Waals surface area contributed by atoms with Crippen LogP contribution in [0, 0.1) is 0 Å². The highest BCUT2D eigenvalue weighted by molar-refractivity contribution is 5.87. The van der Waals surface area contributed by atoms with Crippen LogP contribution in [-0.4, -0.2) is 36.0 Å². The lowest BCUT2D eigenvalue weighted by molar-refractivity contribution is 0.0517. The van der Waals surface area contributed by atoms with Gasteiger partial charge in [-0.05, 0) is 19.8 Å². The molecule has 1 rings (SSSR count). The summed E-state index contributed by atoms with van der Waals surface area (Å²) in [5.41, 5.74) is 0.131. The van der Waals surface area contributed by atoms with Gasteiger partial charge in [-0.2, -0.15) is 0 Å². The van der Waals surface area contributed by atoms with Crippen LogP contribution in [-0.2, 0) is 4.74 Å². The van der Waals surface area contributed by atoms with E-state index in [0.29, 0.717) is 31.5 Å². The maximum atomic E-state index is 11.7. The summed E-state index contributed by atoms with van der Waals surface area (Å²) in [7, 11) is 0. The van der Waals surface area contributed by atoms with Gasteiger partial charge < -0.3 is 14.2 Å². The molecule has 1 heterocycles. The van der Waals surface area contributed by atoms with Gasteiger partial charge in [0.15, 0.2) is 11.4 Å². The molecular weight excluding hydrogens is 272 g/mol. The van der Waals surface area contributed by atoms with Crippen LogP contribution < -0.4 is 9.47 Å². The van der Waals surface area contributed by atoms with Crippen LogP contribution in [0.2, 0.25) is 0 Å². The Morgan fingerprint density at radius 2 is 1.71 bits per heavy atom. The molecule has 21 heavy (non-hydrogen) atoms. The minimum atomic E-state index is -0.509. The first-order chi connectivity index (χ1) is 10.2. The van der Waals surface area contributed by atoms with E-state index in [1.54, 1.807) is 6.92 Å². The van der Waals surface area contributed by atoms with Gasteiger partial charge in [0.05, 0.1) is 19.8 Å². The first-order valence-electron chi connectivity index (χ1n) is 7.53. The number of esters is 1. The van der Waals surface area contributed by atoms with E-state index in [0.717, 1.165) is 25.7 Å². The molecule has 0 amide bonds. The standard InChI is InChI=1S/C15H24N2O4/c1-4-7-9-20-13-11-12(15(18)19-6-3)16-17-14(13)21-10-8-5-2/h11H,4-10H2,1-3H3. The number of hydrogen-bond acceptors (Lipinski definition) is 6. The van der Waals surface area contributed by atoms with Gasteiger partial charge in [0.1, 0.15) is 0 Å². The Bertz CT molecular complexity index is 438. The van der Waals surface area contributed by atoms with Crippen molar-refractivity contribution in [1.82, 2.24) is 10.2 Å². The summed E-state index contributed by atoms with van der Waals surface area (Å²) in [6, 6.07) is 1.53. The van der Waals surface area contributed by atoms with Gasteiger partial charge in [-0.25, -0.2) is 4.79 Å². The van der Waals surface area contributed by atoms with Crippen LogP contribution in [0.15, 0.2) is 6.07 Å². The maximum Gasteiger partial charge on any atom is 0.358 e. The van der Waals surface area contributed by atoms with Crippen molar-refractivity contribution in [3.05, 3.63) is 11.8 Å². The molecule has 1 aromatic heterocycles. The van der Waals surface area contributed by atoms with Crippen LogP contribution in [0.3, 0.4) is 0 Å². The van der Waals surface area contributed by atoms with Gasteiger partial charge in [-0.1, -0.05) is 26.7 Å². The number of hydrogen-bond donors (Lipinski definition) is 0. The second kappa shape index (κ2) is 9.96. The molecule has 0 saturated carbocycles. The average Bonchev–Trinajstić information content (AvgIpc) is 2.49. The lowest BCUT2D eigenvalue weighted by Gasteiger charge is -2.11. The van der Waals surface area contributed by atoms with E-state index in [2.05, 4.69) is 24.0 Å². The predicted octanol–water partition coefficient (Wildman–Crippen LogP) is 3.01. The van der Waals surface area contributed by atoms with Crippen LogP contribution in [0.1, 0.15) is 56.9 Å². The van der Waals surface area contributed by atoms with Crippen molar-refractivity contribution >= 4 is 5.97 Å². The molecule has 0 radical (unpaired) electrons. The second-order valence-electron chi connectivity index (χ2n) is 4.52. The summed E-state index contributed by atoms with van der Waals surface area (Å²) in [5.74, 6) is 0.260. The quantitative estimate of drug-likeness (QED) is 0.488. The lowest BCUT2D eigenvalue weighted by Crippen LogP contribution is -2.11. The highest BCUT2D eigenvalue weighted by atomic mass is 16.5. The Labute approximate surface area is 125 Å². The van der Waals surface area contributed by atoms with Gasteiger partial charge >= 0.3 is 5.97 Å². The molecule has 0 unspecified atom stereocenters. The van der Waals surface area contributed by atoms with Gasteiger partial charge in [0.2, 0.25) is 0 Å². The monoisotopic (exact) mass is 296 g/mol. The predicted molar refractivity (Wildman–Crippen MR) is 78.8 cm³/mol. The summed E-state index contributed by atoms with van der Waals surface area (Å²) < 4.78 is 16.1. The smallest absolute Gasteiger partial charge is 0.358 e. The van der Waals surface area contributed by atoms with E-state index in [4.69, 9.17) is 14.2 Å². The number of nitrogens with zero attached hydrogens (tertiary/aromatic N) is 2. The lowest BCUT2D eigenvalue weighted by atomic mass is 10.3. The van der Waals surface area contributed by atoms with Crippen molar-refractivity contribution in [2.75, 3.05) is 19.8 Å². The van der Waals surface area contributed by atoms with Gasteiger partial charge in [0, 0.05) is 6.07 Å². The molecule has 0 atom stereocenters. The van der Waals surface area contributed by atoms with Gasteiger partial charge in [-0.3, -0.25) is 0 Å². The minimum Gasteiger partial charge on any atom is -0.488 e. The molecule has 0 fully saturated rings. The summed E-state index contributed by atoms with van der Waals surface area (Å²) in [5, 5.41) is 7.77. The highest BCUT2D eigenvalue weighted by Crippen LogP contribution is 2.25. The minimum absolute atomic E-state index is 0.131. The Morgan fingerprint density at radius 3 is 2.33 bits per heavy atom. The summed E-state index contributed by atoms with van der Waals surface area (Å²) in [4.78, 5) is 11.7. The fourth-order valence-corrected chi connectivity index (χ4v) is 1.51. The van der Waals surface area contributed by atoms with E-state index in [-0.39, 0.29) is 5.69 Å². The molecule has 0 aliphatic heterocycles. The summed E-state index contributed by atoms with van der Waals surface area (Å²) >= 11 is 0. The van der Waals surface area contributed by atoms with Crippen LogP contribution >= 0.6 is 0 Å². The zero-order valence-corrected chi connectivity index (χ0v) is 13.1. The molecule has 0 saturated heterocycles. The van der Waals surface area contributed by atoms with Crippen molar-refractivity contribution in [3.8, 4) is 11.6 Å². The van der Waals surface area contributed by atoms with Gasteiger partial charge in [0.25, 0.3) is 5.88 Å².